The van der Waals surface area contributed by atoms with Crippen LogP contribution < -0.4 is 5.32 Å². The Labute approximate surface area is 105 Å². The normalized spacial score (nSPS) is 14.0. The smallest absolute Gasteiger partial charge is 0.317 e. The van der Waals surface area contributed by atoms with Crippen LogP contribution in [0.4, 0.5) is 0 Å². The standard InChI is InChI=1S/C11H19NO4S/c1-8(6-13)3-10(7-17-9(2)14)4-12-5-11(15)16/h6,8,10,12H,3-5,7H2,1-2H3,(H,15,16). The topological polar surface area (TPSA) is 83.5 Å². The van der Waals surface area contributed by atoms with Crippen molar-refractivity contribution in [1.82, 2.24) is 5.32 Å². The van der Waals surface area contributed by atoms with E-state index in [9.17, 15) is 14.4 Å². The van der Waals surface area contributed by atoms with E-state index in [1.54, 1.807) is 0 Å². The number of aliphatic carboxylic acids is 1. The van der Waals surface area contributed by atoms with Crippen molar-refractivity contribution in [3.63, 3.8) is 0 Å². The van der Waals surface area contributed by atoms with Gasteiger partial charge in [-0.2, -0.15) is 0 Å². The SMILES string of the molecule is CC(=O)SCC(CNCC(=O)O)CC(C)C=O. The third-order valence-corrected chi connectivity index (χ3v) is 3.21. The van der Waals surface area contributed by atoms with Crippen molar-refractivity contribution < 1.29 is 19.5 Å². The lowest BCUT2D eigenvalue weighted by molar-refractivity contribution is -0.136. The molecule has 0 aliphatic rings. The van der Waals surface area contributed by atoms with Gasteiger partial charge in [0.25, 0.3) is 0 Å². The average molecular weight is 261 g/mol. The number of nitrogens with one attached hydrogen (secondary N) is 1. The summed E-state index contributed by atoms with van der Waals surface area (Å²) in [5.41, 5.74) is 0. The zero-order chi connectivity index (χ0) is 13.3. The number of carboxylic acid groups (broad SMARTS) is 1. The molecule has 0 saturated carbocycles. The molecule has 0 aromatic rings. The van der Waals surface area contributed by atoms with E-state index in [1.807, 2.05) is 6.92 Å². The van der Waals surface area contributed by atoms with Gasteiger partial charge in [0.15, 0.2) is 5.12 Å². The molecule has 0 saturated heterocycles. The molecule has 0 spiro atoms. The summed E-state index contributed by atoms with van der Waals surface area (Å²) in [5.74, 6) is -0.241. The first-order valence-electron chi connectivity index (χ1n) is 5.46. The number of rotatable bonds is 9. The molecule has 98 valence electrons. The third kappa shape index (κ3) is 10.0. The molecule has 0 aromatic heterocycles. The van der Waals surface area contributed by atoms with E-state index in [0.717, 1.165) is 6.29 Å². The Morgan fingerprint density at radius 3 is 2.59 bits per heavy atom. The molecular formula is C11H19NO4S. The maximum atomic E-state index is 10.9. The van der Waals surface area contributed by atoms with E-state index >= 15 is 0 Å². The van der Waals surface area contributed by atoms with E-state index in [4.69, 9.17) is 5.11 Å². The molecule has 0 heterocycles. The molecule has 0 fully saturated rings. The van der Waals surface area contributed by atoms with Gasteiger partial charge in [-0.15, -0.1) is 0 Å². The molecule has 0 amide bonds. The molecule has 0 aliphatic carbocycles. The van der Waals surface area contributed by atoms with Crippen LogP contribution in [0.5, 0.6) is 0 Å². The van der Waals surface area contributed by atoms with Crippen molar-refractivity contribution in [2.75, 3.05) is 18.8 Å². The highest BCUT2D eigenvalue weighted by atomic mass is 32.2. The number of carbonyl (C=O) groups excluding carboxylic acids is 2. The van der Waals surface area contributed by atoms with Gasteiger partial charge in [-0.1, -0.05) is 18.7 Å². The highest BCUT2D eigenvalue weighted by molar-refractivity contribution is 8.13. The van der Waals surface area contributed by atoms with E-state index in [0.29, 0.717) is 18.7 Å². The second-order valence-corrected chi connectivity index (χ2v) is 5.24. The highest BCUT2D eigenvalue weighted by Gasteiger charge is 2.14. The summed E-state index contributed by atoms with van der Waals surface area (Å²) < 4.78 is 0. The summed E-state index contributed by atoms with van der Waals surface area (Å²) in [6.45, 7) is 3.71. The Bertz CT molecular complexity index is 270. The lowest BCUT2D eigenvalue weighted by Crippen LogP contribution is -2.30. The van der Waals surface area contributed by atoms with Crippen LogP contribution in [-0.4, -0.2) is 41.3 Å². The summed E-state index contributed by atoms with van der Waals surface area (Å²) in [6, 6.07) is 0. The lowest BCUT2D eigenvalue weighted by Gasteiger charge is -2.17. The Morgan fingerprint density at radius 2 is 2.12 bits per heavy atom. The molecule has 2 N–H and O–H groups in total. The Balaban J connectivity index is 4.04. The molecule has 0 aliphatic heterocycles. The van der Waals surface area contributed by atoms with Crippen molar-refractivity contribution in [2.24, 2.45) is 11.8 Å². The third-order valence-electron chi connectivity index (χ3n) is 2.17. The first kappa shape index (κ1) is 16.1. The molecule has 17 heavy (non-hydrogen) atoms. The van der Waals surface area contributed by atoms with E-state index in [2.05, 4.69) is 5.32 Å². The zero-order valence-electron chi connectivity index (χ0n) is 10.1. The average Bonchev–Trinajstić information content (AvgIpc) is 2.24. The van der Waals surface area contributed by atoms with E-state index in [-0.39, 0.29) is 23.5 Å². The summed E-state index contributed by atoms with van der Waals surface area (Å²) in [5, 5.41) is 11.3. The van der Waals surface area contributed by atoms with Crippen molar-refractivity contribution in [2.45, 2.75) is 20.3 Å². The minimum atomic E-state index is -0.911. The number of aldehydes is 1. The quantitative estimate of drug-likeness (QED) is 0.597. The molecule has 2 atom stereocenters. The first-order valence-corrected chi connectivity index (χ1v) is 6.45. The van der Waals surface area contributed by atoms with Crippen molar-refractivity contribution >= 4 is 29.1 Å². The van der Waals surface area contributed by atoms with Crippen LogP contribution in [0, 0.1) is 11.8 Å². The summed E-state index contributed by atoms with van der Waals surface area (Å²) in [6.07, 6.45) is 1.54. The minimum absolute atomic E-state index is 0.0343. The molecular weight excluding hydrogens is 242 g/mol. The van der Waals surface area contributed by atoms with E-state index in [1.165, 1.54) is 18.7 Å². The van der Waals surface area contributed by atoms with Crippen LogP contribution in [0.3, 0.4) is 0 Å². The highest BCUT2D eigenvalue weighted by Crippen LogP contribution is 2.16. The van der Waals surface area contributed by atoms with Gasteiger partial charge in [0, 0.05) is 18.6 Å². The van der Waals surface area contributed by atoms with E-state index < -0.39 is 5.97 Å². The van der Waals surface area contributed by atoms with Crippen molar-refractivity contribution in [1.29, 1.82) is 0 Å². The van der Waals surface area contributed by atoms with Gasteiger partial charge in [0.05, 0.1) is 6.54 Å². The monoisotopic (exact) mass is 261 g/mol. The molecule has 0 rings (SSSR count). The minimum Gasteiger partial charge on any atom is -0.480 e. The van der Waals surface area contributed by atoms with Gasteiger partial charge in [-0.3, -0.25) is 9.59 Å². The van der Waals surface area contributed by atoms with Crippen LogP contribution in [0.25, 0.3) is 0 Å². The molecule has 6 heteroatoms. The Morgan fingerprint density at radius 1 is 1.47 bits per heavy atom. The first-order chi connectivity index (χ1) is 7.95. The molecule has 2 unspecified atom stereocenters. The maximum absolute atomic E-state index is 10.9. The fourth-order valence-corrected chi connectivity index (χ4v) is 2.13. The van der Waals surface area contributed by atoms with Crippen LogP contribution in [0.2, 0.25) is 0 Å². The molecule has 0 radical (unpaired) electrons. The summed E-state index contributed by atoms with van der Waals surface area (Å²) in [7, 11) is 0. The van der Waals surface area contributed by atoms with Gasteiger partial charge in [0.1, 0.15) is 6.29 Å². The number of carboxylic acids is 1. The van der Waals surface area contributed by atoms with Crippen LogP contribution in [0.1, 0.15) is 20.3 Å². The van der Waals surface area contributed by atoms with Gasteiger partial charge in [-0.05, 0) is 18.9 Å². The maximum Gasteiger partial charge on any atom is 0.317 e. The van der Waals surface area contributed by atoms with Gasteiger partial charge in [0.2, 0.25) is 0 Å². The lowest BCUT2D eigenvalue weighted by atomic mass is 9.98. The Hall–Kier alpha value is -0.880. The van der Waals surface area contributed by atoms with Crippen LogP contribution in [-0.2, 0) is 14.4 Å². The van der Waals surface area contributed by atoms with Crippen LogP contribution >= 0.6 is 11.8 Å². The van der Waals surface area contributed by atoms with Crippen LogP contribution in [0.15, 0.2) is 0 Å². The number of hydrogen-bond acceptors (Lipinski definition) is 5. The number of carbonyl (C=O) groups is 3. The summed E-state index contributed by atoms with van der Waals surface area (Å²) >= 11 is 1.21. The van der Waals surface area contributed by atoms with Crippen molar-refractivity contribution in [3.8, 4) is 0 Å². The number of hydrogen-bond donors (Lipinski definition) is 2. The van der Waals surface area contributed by atoms with Gasteiger partial charge >= 0.3 is 5.97 Å². The number of thioether (sulfide) groups is 1. The predicted octanol–water partition coefficient (Wildman–Crippen LogP) is 0.782. The molecule has 0 aromatic carbocycles. The predicted molar refractivity (Wildman–Crippen MR) is 67.0 cm³/mol. The fourth-order valence-electron chi connectivity index (χ4n) is 1.41. The second-order valence-electron chi connectivity index (χ2n) is 4.04. The largest absolute Gasteiger partial charge is 0.480 e. The second kappa shape index (κ2) is 9.18. The summed E-state index contributed by atoms with van der Waals surface area (Å²) in [4.78, 5) is 31.8. The molecule has 0 bridgehead atoms. The Kier molecular flexibility index (Phi) is 8.71. The van der Waals surface area contributed by atoms with Crippen molar-refractivity contribution in [3.05, 3.63) is 0 Å². The molecule has 5 nitrogen and oxygen atoms in total. The van der Waals surface area contributed by atoms with Gasteiger partial charge in [-0.25, -0.2) is 0 Å². The van der Waals surface area contributed by atoms with Gasteiger partial charge < -0.3 is 15.2 Å². The fraction of sp³-hybridized carbons (Fsp3) is 0.727. The zero-order valence-corrected chi connectivity index (χ0v) is 11.0.